The van der Waals surface area contributed by atoms with Gasteiger partial charge in [-0.2, -0.15) is 4.68 Å². The highest BCUT2D eigenvalue weighted by Gasteiger charge is 2.34. The van der Waals surface area contributed by atoms with Gasteiger partial charge in [0, 0.05) is 11.3 Å². The highest BCUT2D eigenvalue weighted by molar-refractivity contribution is 6.26. The van der Waals surface area contributed by atoms with Gasteiger partial charge in [-0.15, -0.1) is 0 Å². The van der Waals surface area contributed by atoms with Crippen LogP contribution in [0, 0.1) is 13.8 Å². The molecule has 6 rings (SSSR count). The molecule has 0 atom stereocenters. The molecule has 0 saturated carbocycles. The Morgan fingerprint density at radius 3 is 2.64 bits per heavy atom. The number of rotatable bonds is 5. The predicted molar refractivity (Wildman–Crippen MR) is 147 cm³/mol. The molecule has 1 amide bonds. The molecular weight excluding hydrogens is 496 g/mol. The van der Waals surface area contributed by atoms with Crippen molar-refractivity contribution in [2.75, 3.05) is 18.2 Å². The van der Waals surface area contributed by atoms with Crippen molar-refractivity contribution in [3.8, 4) is 0 Å². The van der Waals surface area contributed by atoms with Crippen LogP contribution in [0.4, 0.5) is 0 Å². The smallest absolute Gasteiger partial charge is 0.338 e. The monoisotopic (exact) mass is 522 g/mol. The van der Waals surface area contributed by atoms with E-state index in [2.05, 4.69) is 15.6 Å². The summed E-state index contributed by atoms with van der Waals surface area (Å²) in [7, 11) is 0. The number of carbonyl (C=O) groups excluding carboxylic acids is 2. The summed E-state index contributed by atoms with van der Waals surface area (Å²) in [5, 5.41) is 10.5. The Labute approximate surface area is 223 Å². The number of amides is 1. The number of hydrogen-bond acceptors (Lipinski definition) is 6. The minimum Gasteiger partial charge on any atom is -0.460 e. The quantitative estimate of drug-likeness (QED) is 0.403. The standard InChI is InChI=1S/C30H26N4O5/c1-18-15-21-9-6-10-24-27(21)33(18)26(20-7-4-3-5-8-20)17-32(28(24)36)34-19(2)31-25-16-22(30(38)39-14-13-35)11-12-23(25)29(34)37/h3-5,7-8,10-12,15-17,35H,6,9,13-14H2,1-2H3. The Bertz CT molecular complexity index is 1780. The number of aryl methyl sites for hydroxylation is 3. The minimum atomic E-state index is -0.620. The fraction of sp³-hybridized carbons (Fsp3) is 0.200. The molecule has 0 saturated heterocycles. The zero-order valence-electron chi connectivity index (χ0n) is 21.5. The number of benzene rings is 2. The van der Waals surface area contributed by atoms with Gasteiger partial charge in [-0.05, 0) is 56.5 Å². The van der Waals surface area contributed by atoms with Gasteiger partial charge in [0.1, 0.15) is 12.4 Å². The number of aliphatic hydroxyl groups is 1. The van der Waals surface area contributed by atoms with Gasteiger partial charge < -0.3 is 14.4 Å². The number of nitrogens with zero attached hydrogens (tertiary/aromatic N) is 4. The van der Waals surface area contributed by atoms with Gasteiger partial charge in [0.25, 0.3) is 11.5 Å². The molecule has 9 nitrogen and oxygen atoms in total. The topological polar surface area (TPSA) is 107 Å². The molecule has 0 fully saturated rings. The van der Waals surface area contributed by atoms with E-state index >= 15 is 0 Å². The van der Waals surface area contributed by atoms with E-state index in [1.807, 2.05) is 43.3 Å². The molecule has 196 valence electrons. The SMILES string of the molecule is Cc1cc2c3n1C(c1ccccc1)=CN(n1c(C)nc4cc(C(=O)OCCO)ccc4c1=O)C(=O)C3=CCC2. The van der Waals surface area contributed by atoms with Crippen molar-refractivity contribution in [3.05, 3.63) is 111 Å². The fourth-order valence-electron chi connectivity index (χ4n) is 5.36. The highest BCUT2D eigenvalue weighted by Crippen LogP contribution is 2.37. The van der Waals surface area contributed by atoms with Crippen LogP contribution in [0.5, 0.6) is 0 Å². The lowest BCUT2D eigenvalue weighted by atomic mass is 9.96. The Kier molecular flexibility index (Phi) is 6.00. The molecule has 0 radical (unpaired) electrons. The summed E-state index contributed by atoms with van der Waals surface area (Å²) in [6.45, 7) is 3.26. The maximum atomic E-state index is 14.1. The van der Waals surface area contributed by atoms with Gasteiger partial charge >= 0.3 is 5.97 Å². The number of carbonyl (C=O) groups is 2. The summed E-state index contributed by atoms with van der Waals surface area (Å²) >= 11 is 0. The van der Waals surface area contributed by atoms with E-state index in [1.54, 1.807) is 13.1 Å². The van der Waals surface area contributed by atoms with Crippen LogP contribution >= 0.6 is 0 Å². The van der Waals surface area contributed by atoms with Gasteiger partial charge in [-0.25, -0.2) is 14.8 Å². The van der Waals surface area contributed by atoms with E-state index in [9.17, 15) is 14.4 Å². The molecule has 0 spiro atoms. The first-order valence-corrected chi connectivity index (χ1v) is 12.7. The van der Waals surface area contributed by atoms with Crippen molar-refractivity contribution in [2.24, 2.45) is 0 Å². The molecule has 9 heteroatoms. The minimum absolute atomic E-state index is 0.127. The van der Waals surface area contributed by atoms with Crippen molar-refractivity contribution in [3.63, 3.8) is 0 Å². The third kappa shape index (κ3) is 3.98. The number of allylic oxidation sites excluding steroid dienone is 1. The largest absolute Gasteiger partial charge is 0.460 e. The first kappa shape index (κ1) is 24.6. The molecule has 2 aromatic carbocycles. The second-order valence-electron chi connectivity index (χ2n) is 9.55. The van der Waals surface area contributed by atoms with Crippen molar-refractivity contribution >= 4 is 34.0 Å². The van der Waals surface area contributed by atoms with Crippen molar-refractivity contribution in [2.45, 2.75) is 26.7 Å². The number of aromatic nitrogens is 3. The summed E-state index contributed by atoms with van der Waals surface area (Å²) in [5.41, 5.74) is 5.24. The van der Waals surface area contributed by atoms with Crippen molar-refractivity contribution in [1.29, 1.82) is 0 Å². The number of esters is 1. The van der Waals surface area contributed by atoms with Gasteiger partial charge in [0.05, 0.1) is 46.2 Å². The van der Waals surface area contributed by atoms with Gasteiger partial charge in [0.15, 0.2) is 0 Å². The average molecular weight is 523 g/mol. The molecule has 0 unspecified atom stereocenters. The molecule has 2 aliphatic rings. The zero-order valence-corrected chi connectivity index (χ0v) is 21.5. The summed E-state index contributed by atoms with van der Waals surface area (Å²) < 4.78 is 8.37. The third-order valence-corrected chi connectivity index (χ3v) is 7.06. The Morgan fingerprint density at radius 2 is 1.87 bits per heavy atom. The number of aliphatic hydroxyl groups excluding tert-OH is 1. The van der Waals surface area contributed by atoms with Crippen LogP contribution in [0.2, 0.25) is 0 Å². The maximum Gasteiger partial charge on any atom is 0.338 e. The van der Waals surface area contributed by atoms with Crippen LogP contribution in [-0.2, 0) is 16.0 Å². The van der Waals surface area contributed by atoms with Crippen LogP contribution in [0.1, 0.15) is 45.1 Å². The molecule has 2 aromatic heterocycles. The molecule has 4 aromatic rings. The van der Waals surface area contributed by atoms with Crippen LogP contribution in [0.3, 0.4) is 0 Å². The summed E-state index contributed by atoms with van der Waals surface area (Å²) in [4.78, 5) is 44.9. The van der Waals surface area contributed by atoms with Crippen LogP contribution in [0.25, 0.3) is 22.2 Å². The van der Waals surface area contributed by atoms with Crippen molar-refractivity contribution in [1.82, 2.24) is 14.2 Å². The normalized spacial score (nSPS) is 14.5. The summed E-state index contributed by atoms with van der Waals surface area (Å²) in [5.74, 6) is -0.660. The van der Waals surface area contributed by atoms with Crippen molar-refractivity contribution < 1.29 is 19.4 Å². The van der Waals surface area contributed by atoms with E-state index in [4.69, 9.17) is 9.84 Å². The Hall–Kier alpha value is -4.76. The molecule has 1 aliphatic carbocycles. The van der Waals surface area contributed by atoms with Gasteiger partial charge in [0.2, 0.25) is 0 Å². The molecule has 1 aliphatic heterocycles. The summed E-state index contributed by atoms with van der Waals surface area (Å²) in [6, 6.07) is 16.3. The predicted octanol–water partition coefficient (Wildman–Crippen LogP) is 3.32. The lowest BCUT2D eigenvalue weighted by molar-refractivity contribution is -0.114. The van der Waals surface area contributed by atoms with Crippen LogP contribution in [-0.4, -0.2) is 44.4 Å². The van der Waals surface area contributed by atoms with E-state index in [1.165, 1.54) is 27.9 Å². The zero-order chi connectivity index (χ0) is 27.3. The van der Waals surface area contributed by atoms with Crippen LogP contribution < -0.4 is 10.6 Å². The number of fused-ring (bicyclic) bond motifs is 1. The van der Waals surface area contributed by atoms with E-state index in [0.29, 0.717) is 11.1 Å². The molecule has 39 heavy (non-hydrogen) atoms. The third-order valence-electron chi connectivity index (χ3n) is 7.06. The molecular formula is C30H26N4O5. The first-order chi connectivity index (χ1) is 18.9. The number of hydrogen-bond donors (Lipinski definition) is 1. The summed E-state index contributed by atoms with van der Waals surface area (Å²) in [6.07, 6.45) is 5.20. The van der Waals surface area contributed by atoms with E-state index in [0.717, 1.165) is 41.1 Å². The van der Waals surface area contributed by atoms with E-state index < -0.39 is 11.5 Å². The lowest BCUT2D eigenvalue weighted by Crippen LogP contribution is -2.44. The fourth-order valence-corrected chi connectivity index (χ4v) is 5.36. The average Bonchev–Trinajstić information content (AvgIpc) is 3.21. The van der Waals surface area contributed by atoms with Gasteiger partial charge in [-0.3, -0.25) is 9.59 Å². The van der Waals surface area contributed by atoms with E-state index in [-0.39, 0.29) is 35.9 Å². The van der Waals surface area contributed by atoms with Crippen LogP contribution in [0.15, 0.2) is 71.7 Å². The first-order valence-electron chi connectivity index (χ1n) is 12.7. The second-order valence-corrected chi connectivity index (χ2v) is 9.55. The Balaban J connectivity index is 1.56. The number of ether oxygens (including phenoxy) is 1. The molecule has 0 bridgehead atoms. The lowest BCUT2D eigenvalue weighted by Gasteiger charge is -2.23. The second kappa shape index (κ2) is 9.52. The molecule has 3 heterocycles. The molecule has 1 N–H and O–H groups in total. The maximum absolute atomic E-state index is 14.1. The Morgan fingerprint density at radius 1 is 1.08 bits per heavy atom. The van der Waals surface area contributed by atoms with Gasteiger partial charge in [-0.1, -0.05) is 36.4 Å². The highest BCUT2D eigenvalue weighted by atomic mass is 16.5.